The molecule has 0 amide bonds. The number of nitrogen functional groups attached to an aromatic ring is 1. The predicted octanol–water partition coefficient (Wildman–Crippen LogP) is 2.86. The minimum Gasteiger partial charge on any atom is -0.452 e. The van der Waals surface area contributed by atoms with E-state index in [-0.39, 0.29) is 18.6 Å². The second-order valence-corrected chi connectivity index (χ2v) is 5.91. The summed E-state index contributed by atoms with van der Waals surface area (Å²) in [6, 6.07) is 7.34. The Balaban J connectivity index is 1.90. The van der Waals surface area contributed by atoms with Crippen molar-refractivity contribution in [1.82, 2.24) is 9.97 Å². The SMILES string of the molecule is Nc1ncc(Oc2ccc(Cl)cc2)c(N2CCCC2CCO)n1. The predicted molar refractivity (Wildman–Crippen MR) is 90.0 cm³/mol. The van der Waals surface area contributed by atoms with Crippen LogP contribution in [0, 0.1) is 0 Å². The maximum Gasteiger partial charge on any atom is 0.222 e. The molecule has 1 aromatic heterocycles. The Bertz CT molecular complexity index is 666. The van der Waals surface area contributed by atoms with Gasteiger partial charge in [-0.1, -0.05) is 11.6 Å². The van der Waals surface area contributed by atoms with Crippen molar-refractivity contribution in [3.05, 3.63) is 35.5 Å². The van der Waals surface area contributed by atoms with Crippen molar-refractivity contribution < 1.29 is 9.84 Å². The van der Waals surface area contributed by atoms with Gasteiger partial charge in [0.05, 0.1) is 6.20 Å². The third-order valence-corrected chi connectivity index (χ3v) is 4.16. The maximum absolute atomic E-state index is 9.25. The minimum absolute atomic E-state index is 0.148. The number of hydrogen-bond donors (Lipinski definition) is 2. The van der Waals surface area contributed by atoms with Gasteiger partial charge in [-0.3, -0.25) is 0 Å². The van der Waals surface area contributed by atoms with Crippen molar-refractivity contribution in [3.8, 4) is 11.5 Å². The van der Waals surface area contributed by atoms with Crippen LogP contribution in [0.1, 0.15) is 19.3 Å². The third-order valence-electron chi connectivity index (χ3n) is 3.91. The van der Waals surface area contributed by atoms with Crippen molar-refractivity contribution in [1.29, 1.82) is 0 Å². The lowest BCUT2D eigenvalue weighted by Gasteiger charge is -2.26. The Morgan fingerprint density at radius 1 is 1.35 bits per heavy atom. The van der Waals surface area contributed by atoms with Crippen LogP contribution in [-0.2, 0) is 0 Å². The average molecular weight is 335 g/mol. The van der Waals surface area contributed by atoms with Crippen LogP contribution in [0.3, 0.4) is 0 Å². The topological polar surface area (TPSA) is 84.5 Å². The molecule has 0 radical (unpaired) electrons. The van der Waals surface area contributed by atoms with Gasteiger partial charge < -0.3 is 20.5 Å². The summed E-state index contributed by atoms with van der Waals surface area (Å²) >= 11 is 5.90. The van der Waals surface area contributed by atoms with E-state index in [1.807, 2.05) is 0 Å². The van der Waals surface area contributed by atoms with Crippen molar-refractivity contribution in [3.63, 3.8) is 0 Å². The van der Waals surface area contributed by atoms with Gasteiger partial charge in [-0.15, -0.1) is 0 Å². The van der Waals surface area contributed by atoms with Gasteiger partial charge in [0.15, 0.2) is 11.6 Å². The van der Waals surface area contributed by atoms with Gasteiger partial charge in [-0.05, 0) is 43.5 Å². The lowest BCUT2D eigenvalue weighted by atomic mass is 10.1. The molecule has 7 heteroatoms. The molecule has 3 rings (SSSR count). The van der Waals surface area contributed by atoms with Crippen LogP contribution in [-0.4, -0.2) is 34.3 Å². The molecule has 122 valence electrons. The van der Waals surface area contributed by atoms with Gasteiger partial charge in [0.1, 0.15) is 5.75 Å². The molecule has 1 atom stereocenters. The summed E-state index contributed by atoms with van der Waals surface area (Å²) in [7, 11) is 0. The molecular weight excluding hydrogens is 316 g/mol. The third kappa shape index (κ3) is 3.65. The average Bonchev–Trinajstić information content (AvgIpc) is 3.00. The number of nitrogens with two attached hydrogens (primary N) is 1. The molecule has 1 unspecified atom stereocenters. The summed E-state index contributed by atoms with van der Waals surface area (Å²) in [5.41, 5.74) is 5.76. The summed E-state index contributed by atoms with van der Waals surface area (Å²) in [5.74, 6) is 2.08. The molecule has 0 bridgehead atoms. The number of benzene rings is 1. The van der Waals surface area contributed by atoms with E-state index in [0.717, 1.165) is 19.4 Å². The Labute approximate surface area is 139 Å². The highest BCUT2D eigenvalue weighted by Crippen LogP contribution is 2.35. The Hall–Kier alpha value is -2.05. The summed E-state index contributed by atoms with van der Waals surface area (Å²) in [5, 5.41) is 9.90. The fourth-order valence-corrected chi connectivity index (χ4v) is 2.97. The van der Waals surface area contributed by atoms with Crippen LogP contribution in [0.15, 0.2) is 30.5 Å². The van der Waals surface area contributed by atoms with Crippen molar-refractivity contribution in [2.45, 2.75) is 25.3 Å². The zero-order valence-corrected chi connectivity index (χ0v) is 13.4. The summed E-state index contributed by atoms with van der Waals surface area (Å²) in [6.45, 7) is 1.01. The van der Waals surface area contributed by atoms with Crippen molar-refractivity contribution >= 4 is 23.4 Å². The van der Waals surface area contributed by atoms with Crippen LogP contribution >= 0.6 is 11.6 Å². The van der Waals surface area contributed by atoms with E-state index >= 15 is 0 Å². The van der Waals surface area contributed by atoms with E-state index in [1.54, 1.807) is 30.5 Å². The highest BCUT2D eigenvalue weighted by Gasteiger charge is 2.28. The molecule has 6 nitrogen and oxygen atoms in total. The van der Waals surface area contributed by atoms with Crippen LogP contribution in [0.4, 0.5) is 11.8 Å². The van der Waals surface area contributed by atoms with Gasteiger partial charge in [0, 0.05) is 24.2 Å². The van der Waals surface area contributed by atoms with E-state index in [1.165, 1.54) is 0 Å². The zero-order valence-electron chi connectivity index (χ0n) is 12.7. The highest BCUT2D eigenvalue weighted by atomic mass is 35.5. The number of ether oxygens (including phenoxy) is 1. The Morgan fingerprint density at radius 2 is 2.13 bits per heavy atom. The minimum atomic E-state index is 0.148. The Kier molecular flexibility index (Phi) is 4.83. The molecule has 1 saturated heterocycles. The van der Waals surface area contributed by atoms with Gasteiger partial charge in [-0.25, -0.2) is 4.98 Å². The molecule has 0 saturated carbocycles. The number of aromatic nitrogens is 2. The zero-order chi connectivity index (χ0) is 16.2. The molecule has 1 aliphatic heterocycles. The first-order valence-corrected chi connectivity index (χ1v) is 7.98. The van der Waals surface area contributed by atoms with E-state index in [2.05, 4.69) is 14.9 Å². The van der Waals surface area contributed by atoms with Crippen molar-refractivity contribution in [2.24, 2.45) is 0 Å². The molecule has 2 aromatic rings. The van der Waals surface area contributed by atoms with E-state index in [0.29, 0.717) is 28.8 Å². The molecule has 1 aromatic carbocycles. The van der Waals surface area contributed by atoms with Crippen LogP contribution in [0.25, 0.3) is 0 Å². The van der Waals surface area contributed by atoms with Crippen LogP contribution in [0.5, 0.6) is 11.5 Å². The number of hydrogen-bond acceptors (Lipinski definition) is 6. The number of halogens is 1. The number of rotatable bonds is 5. The van der Waals surface area contributed by atoms with Gasteiger partial charge in [0.2, 0.25) is 5.95 Å². The first-order chi connectivity index (χ1) is 11.2. The van der Waals surface area contributed by atoms with Gasteiger partial charge in [0.25, 0.3) is 0 Å². The van der Waals surface area contributed by atoms with Crippen molar-refractivity contribution in [2.75, 3.05) is 23.8 Å². The molecule has 0 aliphatic carbocycles. The monoisotopic (exact) mass is 334 g/mol. The highest BCUT2D eigenvalue weighted by molar-refractivity contribution is 6.30. The lowest BCUT2D eigenvalue weighted by molar-refractivity contribution is 0.275. The molecule has 23 heavy (non-hydrogen) atoms. The van der Waals surface area contributed by atoms with Crippen LogP contribution in [0.2, 0.25) is 5.02 Å². The first-order valence-electron chi connectivity index (χ1n) is 7.61. The van der Waals surface area contributed by atoms with E-state index in [9.17, 15) is 5.11 Å². The van der Waals surface area contributed by atoms with Crippen LogP contribution < -0.4 is 15.4 Å². The molecule has 0 spiro atoms. The first kappa shape index (κ1) is 15.8. The molecular formula is C16H19ClN4O2. The fraction of sp³-hybridized carbons (Fsp3) is 0.375. The molecule has 2 heterocycles. The standard InChI is InChI=1S/C16H19ClN4O2/c17-11-3-5-13(6-4-11)23-14-10-19-16(18)20-15(14)21-8-1-2-12(21)7-9-22/h3-6,10,12,22H,1-2,7-9H2,(H2,18,19,20). The number of aliphatic hydroxyl groups excluding tert-OH is 1. The normalized spacial score (nSPS) is 17.5. The summed E-state index contributed by atoms with van der Waals surface area (Å²) < 4.78 is 5.92. The van der Waals surface area contributed by atoms with Gasteiger partial charge in [-0.2, -0.15) is 4.98 Å². The largest absolute Gasteiger partial charge is 0.452 e. The van der Waals surface area contributed by atoms with E-state index in [4.69, 9.17) is 22.1 Å². The number of aliphatic hydroxyl groups is 1. The smallest absolute Gasteiger partial charge is 0.222 e. The summed E-state index contributed by atoms with van der Waals surface area (Å²) in [4.78, 5) is 10.5. The number of anilines is 2. The Morgan fingerprint density at radius 3 is 2.87 bits per heavy atom. The molecule has 1 aliphatic rings. The van der Waals surface area contributed by atoms with Gasteiger partial charge >= 0.3 is 0 Å². The quantitative estimate of drug-likeness (QED) is 0.874. The molecule has 3 N–H and O–H groups in total. The van der Waals surface area contributed by atoms with E-state index < -0.39 is 0 Å². The fourth-order valence-electron chi connectivity index (χ4n) is 2.85. The lowest BCUT2D eigenvalue weighted by Crippen LogP contribution is -2.31. The maximum atomic E-state index is 9.25. The second-order valence-electron chi connectivity index (χ2n) is 5.47. The summed E-state index contributed by atoms with van der Waals surface area (Å²) in [6.07, 6.45) is 4.35. The molecule has 1 fully saturated rings. The second kappa shape index (κ2) is 7.02. The number of nitrogens with zero attached hydrogens (tertiary/aromatic N) is 3.